The van der Waals surface area contributed by atoms with E-state index >= 15 is 0 Å². The fourth-order valence-corrected chi connectivity index (χ4v) is 5.85. The molecule has 1 saturated heterocycles. The van der Waals surface area contributed by atoms with Crippen molar-refractivity contribution in [2.45, 2.75) is 30.4 Å². The number of benzene rings is 2. The molecule has 0 aromatic heterocycles. The third-order valence-corrected chi connectivity index (χ3v) is 7.62. The third kappa shape index (κ3) is 3.60. The minimum absolute atomic E-state index is 0.240. The van der Waals surface area contributed by atoms with Gasteiger partial charge in [0.2, 0.25) is 0 Å². The quantitative estimate of drug-likeness (QED) is 0.647. The Hall–Kier alpha value is -1.78. The van der Waals surface area contributed by atoms with Crippen molar-refractivity contribution in [2.24, 2.45) is 0 Å². The first kappa shape index (κ1) is 18.0. The molecule has 25 heavy (non-hydrogen) atoms. The van der Waals surface area contributed by atoms with Crippen molar-refractivity contribution in [3.63, 3.8) is 0 Å². The highest BCUT2D eigenvalue weighted by molar-refractivity contribution is 7.92. The lowest BCUT2D eigenvalue weighted by atomic mass is 9.89. The minimum atomic E-state index is -3.20. The Balaban J connectivity index is 1.89. The van der Waals surface area contributed by atoms with Gasteiger partial charge in [-0.25, -0.2) is 8.42 Å². The van der Waals surface area contributed by atoms with Crippen LogP contribution in [0.1, 0.15) is 31.2 Å². The van der Waals surface area contributed by atoms with Gasteiger partial charge in [-0.3, -0.25) is 0 Å². The summed E-state index contributed by atoms with van der Waals surface area (Å²) in [6, 6.07) is 14.5. The molecule has 1 fully saturated rings. The van der Waals surface area contributed by atoms with Crippen LogP contribution in [0.15, 0.2) is 61.2 Å². The summed E-state index contributed by atoms with van der Waals surface area (Å²) in [6.45, 7) is 3.77. The fraction of sp³-hybridized carbons (Fsp3) is 0.300. The van der Waals surface area contributed by atoms with Crippen molar-refractivity contribution in [3.8, 4) is 11.5 Å². The molecule has 0 bridgehead atoms. The SMILES string of the molecule is C=CCC1(c2ccc(Oc3ccc(Cl)cc3)cc2)CCCCS1(=O)=O. The van der Waals surface area contributed by atoms with Gasteiger partial charge in [-0.1, -0.05) is 36.2 Å². The van der Waals surface area contributed by atoms with Crippen LogP contribution in [0.4, 0.5) is 0 Å². The highest BCUT2D eigenvalue weighted by Crippen LogP contribution is 2.43. The largest absolute Gasteiger partial charge is 0.457 e. The van der Waals surface area contributed by atoms with Gasteiger partial charge in [0.15, 0.2) is 9.84 Å². The van der Waals surface area contributed by atoms with E-state index in [0.717, 1.165) is 18.4 Å². The molecular weight excluding hydrogens is 356 g/mol. The Kier molecular flexibility index (Phi) is 5.21. The van der Waals surface area contributed by atoms with Crippen LogP contribution in [-0.2, 0) is 14.6 Å². The van der Waals surface area contributed by atoms with E-state index in [-0.39, 0.29) is 5.75 Å². The van der Waals surface area contributed by atoms with Crippen LogP contribution >= 0.6 is 11.6 Å². The van der Waals surface area contributed by atoms with Crippen LogP contribution in [0.5, 0.6) is 11.5 Å². The number of hydrogen-bond acceptors (Lipinski definition) is 3. The van der Waals surface area contributed by atoms with Crippen LogP contribution in [0.2, 0.25) is 5.02 Å². The van der Waals surface area contributed by atoms with Crippen LogP contribution in [0.3, 0.4) is 0 Å². The maximum Gasteiger partial charge on any atom is 0.160 e. The highest BCUT2D eigenvalue weighted by atomic mass is 35.5. The first-order valence-corrected chi connectivity index (χ1v) is 10.4. The van der Waals surface area contributed by atoms with Gasteiger partial charge in [0.05, 0.1) is 5.75 Å². The van der Waals surface area contributed by atoms with Crippen molar-refractivity contribution in [1.29, 1.82) is 0 Å². The van der Waals surface area contributed by atoms with Crippen molar-refractivity contribution in [1.82, 2.24) is 0 Å². The van der Waals surface area contributed by atoms with Gasteiger partial charge in [-0.15, -0.1) is 6.58 Å². The maximum absolute atomic E-state index is 12.8. The molecular formula is C20H21ClO3S. The predicted molar refractivity (Wildman–Crippen MR) is 102 cm³/mol. The van der Waals surface area contributed by atoms with Crippen LogP contribution < -0.4 is 4.74 Å². The van der Waals surface area contributed by atoms with Crippen LogP contribution in [0, 0.1) is 0 Å². The molecule has 3 nitrogen and oxygen atoms in total. The second kappa shape index (κ2) is 7.22. The average molecular weight is 377 g/mol. The van der Waals surface area contributed by atoms with E-state index in [0.29, 0.717) is 29.4 Å². The lowest BCUT2D eigenvalue weighted by Crippen LogP contribution is -2.40. The highest BCUT2D eigenvalue weighted by Gasteiger charge is 2.45. The molecule has 0 aliphatic carbocycles. The molecule has 0 amide bonds. The lowest BCUT2D eigenvalue weighted by molar-refractivity contribution is 0.452. The monoisotopic (exact) mass is 376 g/mol. The molecule has 0 saturated carbocycles. The van der Waals surface area contributed by atoms with Crippen molar-refractivity contribution in [3.05, 3.63) is 71.8 Å². The van der Waals surface area contributed by atoms with Crippen molar-refractivity contribution in [2.75, 3.05) is 5.75 Å². The number of ether oxygens (including phenoxy) is 1. The zero-order valence-corrected chi connectivity index (χ0v) is 15.5. The summed E-state index contributed by atoms with van der Waals surface area (Å²) in [6.07, 6.45) is 4.43. The van der Waals surface area contributed by atoms with Gasteiger partial charge < -0.3 is 4.74 Å². The van der Waals surface area contributed by atoms with Crippen LogP contribution in [0.25, 0.3) is 0 Å². The standard InChI is InChI=1S/C20H21ClO3S/c1-2-13-20(14-3-4-15-25(20,22)23)16-5-9-18(10-6-16)24-19-11-7-17(21)8-12-19/h2,5-12H,1,3-4,13-15H2. The molecule has 0 N–H and O–H groups in total. The second-order valence-corrected chi connectivity index (χ2v) is 9.20. The number of rotatable bonds is 5. The summed E-state index contributed by atoms with van der Waals surface area (Å²) in [4.78, 5) is 0. The Morgan fingerprint density at radius 3 is 2.20 bits per heavy atom. The topological polar surface area (TPSA) is 43.4 Å². The van der Waals surface area contributed by atoms with Gasteiger partial charge in [0.1, 0.15) is 16.2 Å². The maximum atomic E-state index is 12.8. The van der Waals surface area contributed by atoms with Gasteiger partial charge >= 0.3 is 0 Å². The summed E-state index contributed by atoms with van der Waals surface area (Å²) in [5.74, 6) is 1.58. The molecule has 0 spiro atoms. The zero-order valence-electron chi connectivity index (χ0n) is 13.9. The molecule has 1 aliphatic rings. The van der Waals surface area contributed by atoms with Gasteiger partial charge in [-0.2, -0.15) is 0 Å². The number of sulfone groups is 1. The number of allylic oxidation sites excluding steroid dienone is 1. The minimum Gasteiger partial charge on any atom is -0.457 e. The molecule has 2 aromatic carbocycles. The summed E-state index contributed by atoms with van der Waals surface area (Å²) in [7, 11) is -3.20. The molecule has 1 unspecified atom stereocenters. The third-order valence-electron chi connectivity index (χ3n) is 4.74. The molecule has 1 atom stereocenters. The first-order chi connectivity index (χ1) is 12.0. The van der Waals surface area contributed by atoms with Gasteiger partial charge in [-0.05, 0) is 61.2 Å². The van der Waals surface area contributed by atoms with E-state index < -0.39 is 14.6 Å². The molecule has 1 heterocycles. The van der Waals surface area contributed by atoms with Gasteiger partial charge in [0, 0.05) is 5.02 Å². The average Bonchev–Trinajstić information content (AvgIpc) is 2.60. The molecule has 132 valence electrons. The first-order valence-electron chi connectivity index (χ1n) is 8.34. The summed E-state index contributed by atoms with van der Waals surface area (Å²) in [5.41, 5.74) is 0.815. The van der Waals surface area contributed by atoms with E-state index in [4.69, 9.17) is 16.3 Å². The summed E-state index contributed by atoms with van der Waals surface area (Å²) < 4.78 is 30.6. The molecule has 0 radical (unpaired) electrons. The van der Waals surface area contributed by atoms with Crippen molar-refractivity contribution < 1.29 is 13.2 Å². The Labute approximate surface area is 154 Å². The molecule has 1 aliphatic heterocycles. The Bertz CT molecular complexity index is 842. The molecule has 2 aromatic rings. The Morgan fingerprint density at radius 1 is 1.04 bits per heavy atom. The van der Waals surface area contributed by atoms with Crippen molar-refractivity contribution >= 4 is 21.4 Å². The predicted octanol–water partition coefficient (Wildman–Crippen LogP) is 5.50. The fourth-order valence-electron chi connectivity index (χ4n) is 3.42. The van der Waals surface area contributed by atoms with E-state index in [2.05, 4.69) is 6.58 Å². The summed E-state index contributed by atoms with van der Waals surface area (Å²) in [5, 5.41) is 0.650. The number of halogens is 1. The van der Waals surface area contributed by atoms with E-state index in [1.807, 2.05) is 24.3 Å². The lowest BCUT2D eigenvalue weighted by Gasteiger charge is -2.36. The second-order valence-electron chi connectivity index (χ2n) is 6.34. The normalized spacial score (nSPS) is 22.3. The summed E-state index contributed by atoms with van der Waals surface area (Å²) >= 11 is 5.87. The van der Waals surface area contributed by atoms with E-state index in [1.165, 1.54) is 0 Å². The van der Waals surface area contributed by atoms with E-state index in [1.54, 1.807) is 30.3 Å². The zero-order chi connectivity index (χ0) is 17.9. The van der Waals surface area contributed by atoms with Gasteiger partial charge in [0.25, 0.3) is 0 Å². The molecule has 5 heteroatoms. The smallest absolute Gasteiger partial charge is 0.160 e. The van der Waals surface area contributed by atoms with E-state index in [9.17, 15) is 8.42 Å². The number of hydrogen-bond donors (Lipinski definition) is 0. The molecule has 3 rings (SSSR count). The van der Waals surface area contributed by atoms with Crippen LogP contribution in [-0.4, -0.2) is 14.2 Å². The Morgan fingerprint density at radius 2 is 1.64 bits per heavy atom.